The van der Waals surface area contributed by atoms with Gasteiger partial charge in [-0.3, -0.25) is 10.1 Å². The van der Waals surface area contributed by atoms with Crippen LogP contribution in [-0.4, -0.2) is 61.2 Å². The smallest absolute Gasteiger partial charge is 0.243 e. The molecule has 1 saturated carbocycles. The minimum Gasteiger partial charge on any atom is -0.346 e. The van der Waals surface area contributed by atoms with E-state index in [1.54, 1.807) is 6.33 Å². The summed E-state index contributed by atoms with van der Waals surface area (Å²) in [4.78, 5) is 26.0. The molecule has 0 aromatic carbocycles. The molecule has 0 atom stereocenters. The molecule has 0 radical (unpaired) electrons. The Labute approximate surface area is 219 Å². The van der Waals surface area contributed by atoms with Crippen molar-refractivity contribution in [2.45, 2.75) is 76.4 Å². The summed E-state index contributed by atoms with van der Waals surface area (Å²) in [5.41, 5.74) is 5.22. The molecule has 7 nitrogen and oxygen atoms in total. The number of hydrogen-bond donors (Lipinski definition) is 2. The van der Waals surface area contributed by atoms with Crippen LogP contribution < -0.4 is 5.32 Å². The molecule has 0 unspecified atom stereocenters. The zero-order valence-electron chi connectivity index (χ0n) is 21.8. The largest absolute Gasteiger partial charge is 0.346 e. The summed E-state index contributed by atoms with van der Waals surface area (Å²) in [6.07, 6.45) is 6.27. The average Bonchev–Trinajstić information content (AvgIpc) is 3.65. The van der Waals surface area contributed by atoms with Crippen LogP contribution in [0.25, 0.3) is 27.1 Å². The van der Waals surface area contributed by atoms with Crippen LogP contribution in [-0.2, 0) is 4.79 Å². The van der Waals surface area contributed by atoms with Gasteiger partial charge < -0.3 is 9.88 Å². The second-order valence-electron chi connectivity index (χ2n) is 11.8. The third-order valence-electron chi connectivity index (χ3n) is 8.93. The molecule has 7 heterocycles. The molecule has 1 amide bonds. The summed E-state index contributed by atoms with van der Waals surface area (Å²) in [7, 11) is 0. The predicted octanol–water partition coefficient (Wildman–Crippen LogP) is 5.23. The van der Waals surface area contributed by atoms with Gasteiger partial charge in [0, 0.05) is 54.5 Å². The summed E-state index contributed by atoms with van der Waals surface area (Å²) in [6, 6.07) is 2.20. The van der Waals surface area contributed by atoms with E-state index in [1.165, 1.54) is 31.9 Å². The topological polar surface area (TPSA) is 78.3 Å². The van der Waals surface area contributed by atoms with Gasteiger partial charge in [-0.05, 0) is 61.3 Å². The van der Waals surface area contributed by atoms with E-state index < -0.39 is 11.2 Å². The molecule has 4 aromatic heterocycles. The van der Waals surface area contributed by atoms with Gasteiger partial charge in [-0.1, -0.05) is 13.8 Å². The number of aryl methyl sites for hydroxylation is 2. The molecular weight excluding hydrogens is 487 g/mol. The maximum atomic E-state index is 14.3. The molecule has 4 aromatic rings. The van der Waals surface area contributed by atoms with Crippen molar-refractivity contribution in [1.29, 1.82) is 0 Å². The number of nitrogens with zero attached hydrogens (tertiary/aromatic N) is 4. The number of carbonyl (C=O) groups is 1. The Morgan fingerprint density at radius 3 is 2.68 bits per heavy atom. The molecule has 37 heavy (non-hydrogen) atoms. The van der Waals surface area contributed by atoms with Gasteiger partial charge in [-0.25, -0.2) is 13.9 Å². The van der Waals surface area contributed by atoms with Crippen LogP contribution >= 0.6 is 11.3 Å². The Balaban J connectivity index is 1.17. The second kappa shape index (κ2) is 7.86. The van der Waals surface area contributed by atoms with Crippen LogP contribution in [0, 0.1) is 13.8 Å². The Hall–Kier alpha value is -2.78. The van der Waals surface area contributed by atoms with Crippen molar-refractivity contribution in [3.05, 3.63) is 40.2 Å². The van der Waals surface area contributed by atoms with Crippen LogP contribution in [0.15, 0.2) is 18.6 Å². The monoisotopic (exact) mass is 520 g/mol. The van der Waals surface area contributed by atoms with Crippen molar-refractivity contribution in [3.63, 3.8) is 0 Å². The summed E-state index contributed by atoms with van der Waals surface area (Å²) < 4.78 is 16.2. The van der Waals surface area contributed by atoms with Gasteiger partial charge in [0.15, 0.2) is 5.65 Å². The Kier molecular flexibility index (Phi) is 4.96. The van der Waals surface area contributed by atoms with Gasteiger partial charge in [0.05, 0.1) is 5.69 Å². The number of carbonyl (C=O) groups excluding carboxylic acids is 1. The number of aromatic nitrogens is 4. The summed E-state index contributed by atoms with van der Waals surface area (Å²) >= 11 is 1.87. The zero-order chi connectivity index (χ0) is 25.7. The highest BCUT2D eigenvalue weighted by Crippen LogP contribution is 2.51. The van der Waals surface area contributed by atoms with Crippen LogP contribution in [0.4, 0.5) is 4.39 Å². The SMILES string of the molecule is Cc1c(C2CCN(C(=O)C34CC(F)(CN3)C4)CC2)sc2[nH]c(-c3cc(C)c4ncnn4c3)c(C(C)C)c12. The minimum atomic E-state index is -1.16. The number of H-pyrrole nitrogens is 1. The number of thiophene rings is 1. The lowest BCUT2D eigenvalue weighted by molar-refractivity contribution is -0.144. The normalized spacial score (nSPS) is 26.1. The molecule has 9 heteroatoms. The molecule has 4 aliphatic rings. The van der Waals surface area contributed by atoms with Gasteiger partial charge in [0.2, 0.25) is 5.91 Å². The summed E-state index contributed by atoms with van der Waals surface area (Å²) in [6.45, 7) is 10.7. The van der Waals surface area contributed by atoms with E-state index in [2.05, 4.69) is 60.3 Å². The highest BCUT2D eigenvalue weighted by Gasteiger charge is 2.66. The summed E-state index contributed by atoms with van der Waals surface area (Å²) in [5.74, 6) is 0.917. The fourth-order valence-electron chi connectivity index (χ4n) is 7.16. The van der Waals surface area contributed by atoms with Crippen molar-refractivity contribution in [3.8, 4) is 11.3 Å². The lowest BCUT2D eigenvalue weighted by Crippen LogP contribution is -2.61. The van der Waals surface area contributed by atoms with E-state index >= 15 is 0 Å². The average molecular weight is 521 g/mol. The van der Waals surface area contributed by atoms with E-state index in [0.29, 0.717) is 31.2 Å². The molecule has 2 N–H and O–H groups in total. The van der Waals surface area contributed by atoms with Crippen molar-refractivity contribution >= 4 is 33.1 Å². The van der Waals surface area contributed by atoms with E-state index in [9.17, 15) is 9.18 Å². The molecule has 3 aliphatic heterocycles. The lowest BCUT2D eigenvalue weighted by Gasteiger charge is -2.44. The number of alkyl halides is 1. The number of hydrogen-bond acceptors (Lipinski definition) is 5. The van der Waals surface area contributed by atoms with E-state index in [4.69, 9.17) is 0 Å². The van der Waals surface area contributed by atoms with Crippen LogP contribution in [0.2, 0.25) is 0 Å². The molecule has 3 saturated heterocycles. The zero-order valence-corrected chi connectivity index (χ0v) is 22.6. The second-order valence-corrected chi connectivity index (χ2v) is 12.9. The van der Waals surface area contributed by atoms with Gasteiger partial charge in [0.1, 0.15) is 22.4 Å². The van der Waals surface area contributed by atoms with Gasteiger partial charge >= 0.3 is 0 Å². The molecule has 4 fully saturated rings. The first-order valence-corrected chi connectivity index (χ1v) is 14.2. The number of likely N-dealkylation sites (tertiary alicyclic amines) is 1. The third kappa shape index (κ3) is 3.36. The molecular formula is C28H33FN6OS. The number of fused-ring (bicyclic) bond motifs is 3. The molecule has 2 bridgehead atoms. The van der Waals surface area contributed by atoms with Crippen LogP contribution in [0.3, 0.4) is 0 Å². The quantitative estimate of drug-likeness (QED) is 0.386. The number of piperidine rings is 1. The van der Waals surface area contributed by atoms with E-state index in [1.807, 2.05) is 20.8 Å². The number of pyridine rings is 1. The van der Waals surface area contributed by atoms with Gasteiger partial charge in [-0.15, -0.1) is 11.3 Å². The van der Waals surface area contributed by atoms with E-state index in [-0.39, 0.29) is 5.91 Å². The maximum Gasteiger partial charge on any atom is 0.243 e. The van der Waals surface area contributed by atoms with Gasteiger partial charge in [0.25, 0.3) is 0 Å². The highest BCUT2D eigenvalue weighted by molar-refractivity contribution is 7.19. The number of rotatable bonds is 4. The van der Waals surface area contributed by atoms with E-state index in [0.717, 1.165) is 42.7 Å². The first-order chi connectivity index (χ1) is 17.7. The number of halogens is 1. The van der Waals surface area contributed by atoms with Crippen LogP contribution in [0.1, 0.15) is 72.9 Å². The fourth-order valence-corrected chi connectivity index (χ4v) is 8.55. The Morgan fingerprint density at radius 2 is 2.00 bits per heavy atom. The number of nitrogens with one attached hydrogen (secondary N) is 2. The Morgan fingerprint density at radius 1 is 1.24 bits per heavy atom. The highest BCUT2D eigenvalue weighted by atomic mass is 32.1. The Bertz CT molecular complexity index is 1550. The van der Waals surface area contributed by atoms with Crippen molar-refractivity contribution in [2.24, 2.45) is 0 Å². The minimum absolute atomic E-state index is 0.109. The predicted molar refractivity (Wildman–Crippen MR) is 144 cm³/mol. The van der Waals surface area contributed by atoms with Gasteiger partial charge in [-0.2, -0.15) is 5.10 Å². The molecule has 8 rings (SSSR count). The van der Waals surface area contributed by atoms with Crippen molar-refractivity contribution in [1.82, 2.24) is 29.8 Å². The molecule has 194 valence electrons. The lowest BCUT2D eigenvalue weighted by atomic mass is 9.70. The first-order valence-electron chi connectivity index (χ1n) is 13.4. The third-order valence-corrected chi connectivity index (χ3v) is 10.3. The fraction of sp³-hybridized carbons (Fsp3) is 0.536. The first kappa shape index (κ1) is 23.3. The van der Waals surface area contributed by atoms with Crippen molar-refractivity contribution in [2.75, 3.05) is 19.6 Å². The van der Waals surface area contributed by atoms with Crippen LogP contribution in [0.5, 0.6) is 0 Å². The maximum absolute atomic E-state index is 14.3. The number of aromatic amines is 1. The summed E-state index contributed by atoms with van der Waals surface area (Å²) in [5, 5.41) is 8.90. The molecule has 0 spiro atoms. The van der Waals surface area contributed by atoms with Crippen molar-refractivity contribution < 1.29 is 9.18 Å². The molecule has 1 aliphatic carbocycles. The standard InChI is InChI=1S/C28H33FN6OS/c1-15(2)20-21-17(4)23(18-5-7-34(8-6-18)26(36)28-11-27(29,12-28)13-31-28)37-25(21)33-22(20)19-9-16(3)24-30-14-32-35(24)10-19/h9-10,14-15,18,31,33H,5-8,11-13H2,1-4H3. The number of amides is 1.